The Bertz CT molecular complexity index is 530. The van der Waals surface area contributed by atoms with Crippen LogP contribution in [0, 0.1) is 6.92 Å². The second-order valence-electron chi connectivity index (χ2n) is 5.75. The predicted octanol–water partition coefficient (Wildman–Crippen LogP) is 2.23. The molecule has 1 saturated carbocycles. The number of aromatic nitrogens is 1. The maximum absolute atomic E-state index is 11.6. The molecule has 0 atom stereocenters. The van der Waals surface area contributed by atoms with Crippen molar-refractivity contribution in [1.29, 1.82) is 0 Å². The Morgan fingerprint density at radius 1 is 1.42 bits per heavy atom. The fourth-order valence-electron chi connectivity index (χ4n) is 2.10. The Hall–Kier alpha value is -0.900. The van der Waals surface area contributed by atoms with Gasteiger partial charge in [-0.1, -0.05) is 0 Å². The van der Waals surface area contributed by atoms with Crippen molar-refractivity contribution in [3.05, 3.63) is 16.1 Å². The largest absolute Gasteiger partial charge is 0.357 e. The summed E-state index contributed by atoms with van der Waals surface area (Å²) in [5.74, 6) is 0.961. The first-order valence-corrected chi connectivity index (χ1v) is 9.22. The predicted molar refractivity (Wildman–Crippen MR) is 110 cm³/mol. The molecule has 6 nitrogen and oxygen atoms in total. The zero-order valence-electron chi connectivity index (χ0n) is 14.4. The summed E-state index contributed by atoms with van der Waals surface area (Å²) in [6.45, 7) is 6.40. The van der Waals surface area contributed by atoms with Gasteiger partial charge in [0.2, 0.25) is 5.91 Å². The molecule has 2 rings (SSSR count). The number of halogens is 1. The molecule has 0 unspecified atom stereocenters. The van der Waals surface area contributed by atoms with E-state index in [0.717, 1.165) is 49.7 Å². The Labute approximate surface area is 165 Å². The molecular formula is C16H28IN5OS. The standard InChI is InChI=1S/C16H27N5OS.HI/c1-3-17-16(19-10-8-15-20-11-12(2)23-15)18-9-4-5-14(22)21-13-6-7-13;/h11,13H,3-10H2,1-2H3,(H,21,22)(H2,17,18,19);1H. The lowest BCUT2D eigenvalue weighted by Gasteiger charge is -2.10. The van der Waals surface area contributed by atoms with E-state index in [1.807, 2.05) is 13.1 Å². The average Bonchev–Trinajstić information content (AvgIpc) is 3.23. The van der Waals surface area contributed by atoms with Crippen LogP contribution in [0.2, 0.25) is 0 Å². The van der Waals surface area contributed by atoms with Crippen LogP contribution in [0.3, 0.4) is 0 Å². The molecule has 1 aliphatic carbocycles. The van der Waals surface area contributed by atoms with Crippen molar-refractivity contribution in [3.63, 3.8) is 0 Å². The molecule has 0 aromatic carbocycles. The number of hydrogen-bond donors (Lipinski definition) is 3. The minimum absolute atomic E-state index is 0. The highest BCUT2D eigenvalue weighted by Gasteiger charge is 2.22. The quantitative estimate of drug-likeness (QED) is 0.226. The third-order valence-corrected chi connectivity index (χ3v) is 4.39. The Balaban J connectivity index is 0.00000288. The van der Waals surface area contributed by atoms with Gasteiger partial charge in [-0.2, -0.15) is 0 Å². The zero-order chi connectivity index (χ0) is 16.5. The second kappa shape index (κ2) is 11.6. The summed E-state index contributed by atoms with van der Waals surface area (Å²) in [7, 11) is 0. The van der Waals surface area contributed by atoms with Crippen molar-refractivity contribution < 1.29 is 4.79 Å². The van der Waals surface area contributed by atoms with E-state index in [2.05, 4.69) is 32.9 Å². The van der Waals surface area contributed by atoms with Crippen molar-refractivity contribution in [2.45, 2.75) is 52.0 Å². The van der Waals surface area contributed by atoms with Gasteiger partial charge < -0.3 is 16.0 Å². The molecule has 0 radical (unpaired) electrons. The van der Waals surface area contributed by atoms with Crippen LogP contribution in [0.15, 0.2) is 11.2 Å². The third-order valence-electron chi connectivity index (χ3n) is 3.42. The minimum Gasteiger partial charge on any atom is -0.357 e. The van der Waals surface area contributed by atoms with Gasteiger partial charge in [-0.15, -0.1) is 35.3 Å². The highest BCUT2D eigenvalue weighted by molar-refractivity contribution is 14.0. The molecule has 1 aliphatic rings. The molecule has 1 amide bonds. The Kier molecular flexibility index (Phi) is 10.2. The van der Waals surface area contributed by atoms with Crippen LogP contribution in [0.25, 0.3) is 0 Å². The van der Waals surface area contributed by atoms with Crippen molar-refractivity contribution in [2.75, 3.05) is 19.6 Å². The summed E-state index contributed by atoms with van der Waals surface area (Å²) < 4.78 is 0. The molecule has 1 heterocycles. The number of rotatable bonds is 9. The monoisotopic (exact) mass is 465 g/mol. The zero-order valence-corrected chi connectivity index (χ0v) is 17.6. The van der Waals surface area contributed by atoms with Crippen molar-refractivity contribution >= 4 is 47.2 Å². The van der Waals surface area contributed by atoms with Gasteiger partial charge in [-0.05, 0) is 33.1 Å². The van der Waals surface area contributed by atoms with Crippen molar-refractivity contribution in [2.24, 2.45) is 4.99 Å². The highest BCUT2D eigenvalue weighted by atomic mass is 127. The van der Waals surface area contributed by atoms with Crippen LogP contribution >= 0.6 is 35.3 Å². The molecule has 1 fully saturated rings. The number of nitrogens with one attached hydrogen (secondary N) is 3. The van der Waals surface area contributed by atoms with Crippen LogP contribution in [0.1, 0.15) is 42.5 Å². The van der Waals surface area contributed by atoms with Gasteiger partial charge in [0, 0.05) is 49.6 Å². The van der Waals surface area contributed by atoms with Gasteiger partial charge in [-0.25, -0.2) is 4.98 Å². The van der Waals surface area contributed by atoms with E-state index in [-0.39, 0.29) is 29.9 Å². The van der Waals surface area contributed by atoms with Crippen molar-refractivity contribution in [3.8, 4) is 0 Å². The number of amides is 1. The van der Waals surface area contributed by atoms with E-state index in [0.29, 0.717) is 19.0 Å². The normalized spacial score (nSPS) is 14.0. The summed E-state index contributed by atoms with van der Waals surface area (Å²) in [4.78, 5) is 21.7. The summed E-state index contributed by atoms with van der Waals surface area (Å²) in [6, 6.07) is 0.444. The molecular weight excluding hydrogens is 437 g/mol. The molecule has 1 aromatic rings. The second-order valence-corrected chi connectivity index (χ2v) is 7.07. The molecule has 1 aromatic heterocycles. The van der Waals surface area contributed by atoms with E-state index in [4.69, 9.17) is 0 Å². The van der Waals surface area contributed by atoms with Crippen molar-refractivity contribution in [1.82, 2.24) is 20.9 Å². The Morgan fingerprint density at radius 3 is 2.83 bits per heavy atom. The van der Waals surface area contributed by atoms with Crippen LogP contribution in [0.4, 0.5) is 0 Å². The maximum Gasteiger partial charge on any atom is 0.220 e. The first kappa shape index (κ1) is 21.1. The van der Waals surface area contributed by atoms with E-state index in [1.54, 1.807) is 11.3 Å². The number of aliphatic imine (C=N–C) groups is 1. The van der Waals surface area contributed by atoms with E-state index in [1.165, 1.54) is 4.88 Å². The fraction of sp³-hybridized carbons (Fsp3) is 0.688. The SMILES string of the molecule is CCNC(=NCCCC(=O)NC1CC1)NCCc1ncc(C)s1.I. The third kappa shape index (κ3) is 8.81. The number of nitrogens with zero attached hydrogens (tertiary/aromatic N) is 2. The number of carbonyl (C=O) groups is 1. The summed E-state index contributed by atoms with van der Waals surface area (Å²) in [5, 5.41) is 10.7. The van der Waals surface area contributed by atoms with Gasteiger partial charge in [0.25, 0.3) is 0 Å². The van der Waals surface area contributed by atoms with E-state index < -0.39 is 0 Å². The lowest BCUT2D eigenvalue weighted by atomic mass is 10.3. The number of aryl methyl sites for hydroxylation is 1. The lowest BCUT2D eigenvalue weighted by molar-refractivity contribution is -0.121. The molecule has 136 valence electrons. The van der Waals surface area contributed by atoms with Crippen LogP contribution in [0.5, 0.6) is 0 Å². The summed E-state index contributed by atoms with van der Waals surface area (Å²) in [5.41, 5.74) is 0. The fourth-order valence-corrected chi connectivity index (χ4v) is 2.89. The average molecular weight is 465 g/mol. The molecule has 0 saturated heterocycles. The van der Waals surface area contributed by atoms with Gasteiger partial charge >= 0.3 is 0 Å². The first-order valence-electron chi connectivity index (χ1n) is 8.40. The molecule has 24 heavy (non-hydrogen) atoms. The van der Waals surface area contributed by atoms with Crippen LogP contribution in [-0.2, 0) is 11.2 Å². The maximum atomic E-state index is 11.6. The Morgan fingerprint density at radius 2 is 2.21 bits per heavy atom. The van der Waals surface area contributed by atoms with Gasteiger partial charge in [0.05, 0.1) is 5.01 Å². The minimum atomic E-state index is 0. The lowest BCUT2D eigenvalue weighted by Crippen LogP contribution is -2.38. The van der Waals surface area contributed by atoms with E-state index >= 15 is 0 Å². The van der Waals surface area contributed by atoms with Gasteiger partial charge in [0.15, 0.2) is 5.96 Å². The van der Waals surface area contributed by atoms with E-state index in [9.17, 15) is 4.79 Å². The number of carbonyl (C=O) groups excluding carboxylic acids is 1. The van der Waals surface area contributed by atoms with Crippen LogP contribution in [-0.4, -0.2) is 42.5 Å². The number of guanidine groups is 1. The number of thiazole rings is 1. The highest BCUT2D eigenvalue weighted by Crippen LogP contribution is 2.18. The molecule has 0 spiro atoms. The summed E-state index contributed by atoms with van der Waals surface area (Å²) in [6.07, 6.45) is 6.41. The molecule has 8 heteroatoms. The molecule has 0 aliphatic heterocycles. The van der Waals surface area contributed by atoms with Gasteiger partial charge in [-0.3, -0.25) is 9.79 Å². The number of hydrogen-bond acceptors (Lipinski definition) is 4. The molecule has 0 bridgehead atoms. The molecule has 3 N–H and O–H groups in total. The smallest absolute Gasteiger partial charge is 0.220 e. The first-order chi connectivity index (χ1) is 11.2. The van der Waals surface area contributed by atoms with Gasteiger partial charge in [0.1, 0.15) is 0 Å². The topological polar surface area (TPSA) is 78.4 Å². The summed E-state index contributed by atoms with van der Waals surface area (Å²) >= 11 is 1.73. The van der Waals surface area contributed by atoms with Crippen LogP contribution < -0.4 is 16.0 Å².